The van der Waals surface area contributed by atoms with Crippen LogP contribution < -0.4 is 15.5 Å². The minimum absolute atomic E-state index is 0.277. The lowest BCUT2D eigenvalue weighted by Crippen LogP contribution is -3.19. The highest BCUT2D eigenvalue weighted by Gasteiger charge is 2.34. The first-order valence-electron chi connectivity index (χ1n) is 7.78. The van der Waals surface area contributed by atoms with Crippen LogP contribution in [-0.2, 0) is 14.8 Å². The molecule has 1 saturated heterocycles. The summed E-state index contributed by atoms with van der Waals surface area (Å²) in [7, 11) is -2.06. The molecular formula is C15H23N4O4S+. The number of nitrogens with one attached hydrogen (secondary N) is 3. The molecule has 0 spiro atoms. The first-order chi connectivity index (χ1) is 11.4. The number of carbonyl (C=O) groups excluding carboxylic acids is 2. The topological polar surface area (TPSA) is 100 Å². The largest absolute Gasteiger partial charge is 0.341 e. The number of amides is 3. The van der Waals surface area contributed by atoms with Gasteiger partial charge in [-0.3, -0.25) is 10.1 Å². The third-order valence-electron chi connectivity index (χ3n) is 4.22. The summed E-state index contributed by atoms with van der Waals surface area (Å²) in [6.07, 6.45) is 0. The second-order valence-corrected chi connectivity index (χ2v) is 7.60. The summed E-state index contributed by atoms with van der Waals surface area (Å²) < 4.78 is 26.6. The van der Waals surface area contributed by atoms with Crippen LogP contribution in [0, 0.1) is 0 Å². The molecule has 0 unspecified atom stereocenters. The van der Waals surface area contributed by atoms with Crippen LogP contribution in [0.2, 0.25) is 0 Å². The Labute approximate surface area is 141 Å². The van der Waals surface area contributed by atoms with Crippen molar-refractivity contribution < 1.29 is 22.9 Å². The molecule has 8 nitrogen and oxygen atoms in total. The first-order valence-corrected chi connectivity index (χ1v) is 9.22. The molecule has 2 rings (SSSR count). The molecule has 132 valence electrons. The highest BCUT2D eigenvalue weighted by molar-refractivity contribution is 7.89. The van der Waals surface area contributed by atoms with Crippen molar-refractivity contribution in [2.45, 2.75) is 17.9 Å². The summed E-state index contributed by atoms with van der Waals surface area (Å²) in [6.45, 7) is 3.42. The fourth-order valence-electron chi connectivity index (χ4n) is 2.66. The van der Waals surface area contributed by atoms with Crippen LogP contribution >= 0.6 is 0 Å². The van der Waals surface area contributed by atoms with Crippen molar-refractivity contribution >= 4 is 22.0 Å². The molecule has 1 aliphatic heterocycles. The third kappa shape index (κ3) is 4.11. The Bertz CT molecular complexity index is 685. The quantitative estimate of drug-likeness (QED) is 0.607. The highest BCUT2D eigenvalue weighted by atomic mass is 32.2. The van der Waals surface area contributed by atoms with Crippen LogP contribution in [-0.4, -0.2) is 63.9 Å². The molecule has 3 N–H and O–H groups in total. The van der Waals surface area contributed by atoms with Crippen molar-refractivity contribution in [2.75, 3.05) is 33.2 Å². The van der Waals surface area contributed by atoms with Gasteiger partial charge in [0.15, 0.2) is 6.04 Å². The minimum Gasteiger partial charge on any atom is -0.341 e. The fraction of sp³-hybridized carbons (Fsp3) is 0.467. The summed E-state index contributed by atoms with van der Waals surface area (Å²) in [5, 5.41) is 4.58. The molecule has 0 aliphatic carbocycles. The summed E-state index contributed by atoms with van der Waals surface area (Å²) in [5.41, 5.74) is 0. The zero-order chi connectivity index (χ0) is 17.7. The summed E-state index contributed by atoms with van der Waals surface area (Å²) in [4.78, 5) is 24.4. The number of hydrogen-bond acceptors (Lipinski definition) is 4. The van der Waals surface area contributed by atoms with E-state index in [-0.39, 0.29) is 10.8 Å². The van der Waals surface area contributed by atoms with Crippen LogP contribution in [0.4, 0.5) is 4.79 Å². The zero-order valence-electron chi connectivity index (χ0n) is 13.8. The molecule has 0 radical (unpaired) electrons. The summed E-state index contributed by atoms with van der Waals surface area (Å²) >= 11 is 0. The lowest BCUT2D eigenvalue weighted by Gasteiger charge is -2.34. The normalized spacial score (nSPS) is 17.9. The van der Waals surface area contributed by atoms with E-state index < -0.39 is 22.1 Å². The minimum atomic E-state index is -3.50. The Kier molecular flexibility index (Phi) is 5.92. The number of piperazine rings is 1. The number of nitrogens with zero attached hydrogens (tertiary/aromatic N) is 1. The predicted octanol–water partition coefficient (Wildman–Crippen LogP) is -1.58. The summed E-state index contributed by atoms with van der Waals surface area (Å²) in [6, 6.07) is 7.34. The van der Waals surface area contributed by atoms with Gasteiger partial charge in [0.05, 0.1) is 31.1 Å². The van der Waals surface area contributed by atoms with Gasteiger partial charge in [-0.1, -0.05) is 18.2 Å². The molecule has 1 aliphatic rings. The molecule has 24 heavy (non-hydrogen) atoms. The first kappa shape index (κ1) is 18.4. The molecule has 1 heterocycles. The molecule has 0 aromatic heterocycles. The van der Waals surface area contributed by atoms with Crippen molar-refractivity contribution in [3.05, 3.63) is 30.3 Å². The highest BCUT2D eigenvalue weighted by Crippen LogP contribution is 2.14. The van der Waals surface area contributed by atoms with Gasteiger partial charge in [-0.15, -0.1) is 0 Å². The Morgan fingerprint density at radius 3 is 2.29 bits per heavy atom. The Morgan fingerprint density at radius 1 is 1.17 bits per heavy atom. The number of sulfonamides is 1. The molecule has 1 aromatic rings. The Morgan fingerprint density at radius 2 is 1.75 bits per heavy atom. The molecule has 1 fully saturated rings. The second kappa shape index (κ2) is 7.73. The van der Waals surface area contributed by atoms with Crippen molar-refractivity contribution in [2.24, 2.45) is 0 Å². The number of carbonyl (C=O) groups is 2. The lowest BCUT2D eigenvalue weighted by molar-refractivity contribution is -0.917. The number of benzene rings is 1. The van der Waals surface area contributed by atoms with Crippen molar-refractivity contribution in [1.82, 2.24) is 14.9 Å². The lowest BCUT2D eigenvalue weighted by atomic mass is 10.2. The van der Waals surface area contributed by atoms with E-state index in [1.165, 1.54) is 11.4 Å². The molecule has 1 aromatic carbocycles. The molecule has 0 saturated carbocycles. The maximum atomic E-state index is 12.6. The number of urea groups is 1. The molecular weight excluding hydrogens is 332 g/mol. The van der Waals surface area contributed by atoms with Crippen molar-refractivity contribution in [1.29, 1.82) is 0 Å². The maximum absolute atomic E-state index is 12.6. The SMILES string of the molecule is CNC(=O)NC(=O)[C@@H](C)[NH+]1CCN(S(=O)(=O)c2ccccc2)CC1. The van der Waals surface area contributed by atoms with Crippen LogP contribution in [0.15, 0.2) is 35.2 Å². The standard InChI is InChI=1S/C15H22N4O4S/c1-12(14(20)17-15(21)16-2)18-8-10-19(11-9-18)24(22,23)13-6-4-3-5-7-13/h3-7,12H,8-11H2,1-2H3,(H2,16,17,20,21)/p+1/t12-/m1/s1. The molecule has 1 atom stereocenters. The Balaban J connectivity index is 1.96. The number of quaternary nitrogens is 1. The van der Waals surface area contributed by atoms with Crippen LogP contribution in [0.3, 0.4) is 0 Å². The predicted molar refractivity (Wildman–Crippen MR) is 88.0 cm³/mol. The van der Waals surface area contributed by atoms with E-state index >= 15 is 0 Å². The van der Waals surface area contributed by atoms with E-state index in [0.29, 0.717) is 26.2 Å². The summed E-state index contributed by atoms with van der Waals surface area (Å²) in [5.74, 6) is -0.372. The van der Waals surface area contributed by atoms with Crippen molar-refractivity contribution in [3.8, 4) is 0 Å². The molecule has 3 amide bonds. The van der Waals surface area contributed by atoms with Crippen LogP contribution in [0.1, 0.15) is 6.92 Å². The van der Waals surface area contributed by atoms with E-state index in [1.54, 1.807) is 37.3 Å². The smallest absolute Gasteiger partial charge is 0.321 e. The molecule has 9 heteroatoms. The van der Waals surface area contributed by atoms with Gasteiger partial charge in [0.2, 0.25) is 10.0 Å². The van der Waals surface area contributed by atoms with E-state index in [1.807, 2.05) is 0 Å². The van der Waals surface area contributed by atoms with Gasteiger partial charge in [-0.25, -0.2) is 13.2 Å². The second-order valence-electron chi connectivity index (χ2n) is 5.67. The van der Waals surface area contributed by atoms with Gasteiger partial charge < -0.3 is 10.2 Å². The van der Waals surface area contributed by atoms with Gasteiger partial charge in [0, 0.05) is 7.05 Å². The van der Waals surface area contributed by atoms with Gasteiger partial charge in [0.25, 0.3) is 5.91 Å². The van der Waals surface area contributed by atoms with Gasteiger partial charge in [-0.2, -0.15) is 4.31 Å². The van der Waals surface area contributed by atoms with Crippen LogP contribution in [0.5, 0.6) is 0 Å². The average Bonchev–Trinajstić information content (AvgIpc) is 2.61. The van der Waals surface area contributed by atoms with Crippen LogP contribution in [0.25, 0.3) is 0 Å². The maximum Gasteiger partial charge on any atom is 0.321 e. The van der Waals surface area contributed by atoms with E-state index in [2.05, 4.69) is 10.6 Å². The van der Waals surface area contributed by atoms with Gasteiger partial charge in [0.1, 0.15) is 0 Å². The van der Waals surface area contributed by atoms with E-state index in [9.17, 15) is 18.0 Å². The average molecular weight is 355 g/mol. The molecule has 0 bridgehead atoms. The van der Waals surface area contributed by atoms with Gasteiger partial charge >= 0.3 is 6.03 Å². The van der Waals surface area contributed by atoms with Crippen molar-refractivity contribution in [3.63, 3.8) is 0 Å². The zero-order valence-corrected chi connectivity index (χ0v) is 14.6. The number of hydrogen-bond donors (Lipinski definition) is 3. The van der Waals surface area contributed by atoms with E-state index in [4.69, 9.17) is 0 Å². The van der Waals surface area contributed by atoms with Gasteiger partial charge in [-0.05, 0) is 19.1 Å². The Hall–Kier alpha value is -1.97. The number of rotatable bonds is 4. The monoisotopic (exact) mass is 355 g/mol. The fourth-order valence-corrected chi connectivity index (χ4v) is 4.12. The van der Waals surface area contributed by atoms with E-state index in [0.717, 1.165) is 4.90 Å². The third-order valence-corrected chi connectivity index (χ3v) is 6.13. The number of imide groups is 1.